The molecule has 0 saturated carbocycles. The molecule has 1 amide bonds. The van der Waals surface area contributed by atoms with Gasteiger partial charge in [-0.15, -0.1) is 0 Å². The fraction of sp³-hybridized carbons (Fsp3) is 0.417. The van der Waals surface area contributed by atoms with Gasteiger partial charge in [-0.2, -0.15) is 12.6 Å². The van der Waals surface area contributed by atoms with E-state index in [0.717, 1.165) is 23.6 Å². The molecule has 1 N–H and O–H groups in total. The molecule has 1 aromatic rings. The minimum absolute atomic E-state index is 0.109. The van der Waals surface area contributed by atoms with Crippen LogP contribution in [0.25, 0.3) is 0 Å². The Kier molecular flexibility index (Phi) is 2.84. The van der Waals surface area contributed by atoms with E-state index in [9.17, 15) is 4.79 Å². The molecule has 0 saturated heterocycles. The summed E-state index contributed by atoms with van der Waals surface area (Å²) in [5.41, 5.74) is 1.11. The van der Waals surface area contributed by atoms with E-state index in [4.69, 9.17) is 4.74 Å². The number of benzene rings is 1. The highest BCUT2D eigenvalue weighted by Gasteiger charge is 2.35. The van der Waals surface area contributed by atoms with Gasteiger partial charge in [-0.1, -0.05) is 6.07 Å². The minimum atomic E-state index is -0.799. The zero-order valence-electron chi connectivity index (χ0n) is 9.41. The lowest BCUT2D eigenvalue weighted by Crippen LogP contribution is -2.45. The van der Waals surface area contributed by atoms with Crippen LogP contribution in [0.5, 0.6) is 5.75 Å². The van der Waals surface area contributed by atoms with E-state index < -0.39 is 5.60 Å². The van der Waals surface area contributed by atoms with Gasteiger partial charge >= 0.3 is 0 Å². The molecule has 0 fully saturated rings. The second kappa shape index (κ2) is 4.01. The van der Waals surface area contributed by atoms with Crippen molar-refractivity contribution in [3.8, 4) is 5.75 Å². The van der Waals surface area contributed by atoms with Crippen molar-refractivity contribution in [1.82, 2.24) is 0 Å². The van der Waals surface area contributed by atoms with Gasteiger partial charge in [0.1, 0.15) is 5.75 Å². The van der Waals surface area contributed by atoms with Gasteiger partial charge in [-0.05, 0) is 43.7 Å². The van der Waals surface area contributed by atoms with Crippen LogP contribution in [-0.4, -0.2) is 17.3 Å². The average molecular weight is 237 g/mol. The second-order valence-corrected chi connectivity index (χ2v) is 4.82. The summed E-state index contributed by atoms with van der Waals surface area (Å²) in [4.78, 5) is 11.6. The first-order chi connectivity index (χ1) is 7.53. The third-order valence-electron chi connectivity index (χ3n) is 2.61. The number of fused-ring (bicyclic) bond motifs is 1. The van der Waals surface area contributed by atoms with Crippen molar-refractivity contribution >= 4 is 24.2 Å². The van der Waals surface area contributed by atoms with Gasteiger partial charge in [0.05, 0.1) is 5.69 Å². The van der Waals surface area contributed by atoms with Crippen LogP contribution in [0.1, 0.15) is 19.4 Å². The van der Waals surface area contributed by atoms with Gasteiger partial charge in [0.15, 0.2) is 5.60 Å². The van der Waals surface area contributed by atoms with Gasteiger partial charge in [0.2, 0.25) is 0 Å². The lowest BCUT2D eigenvalue weighted by Gasteiger charge is -2.31. The van der Waals surface area contributed by atoms with E-state index >= 15 is 0 Å². The monoisotopic (exact) mass is 237 g/mol. The number of thiol groups is 1. The predicted molar refractivity (Wildman–Crippen MR) is 67.3 cm³/mol. The zero-order valence-corrected chi connectivity index (χ0v) is 10.3. The van der Waals surface area contributed by atoms with Crippen LogP contribution in [0.3, 0.4) is 0 Å². The van der Waals surface area contributed by atoms with Crippen molar-refractivity contribution in [2.75, 3.05) is 11.1 Å². The molecule has 16 heavy (non-hydrogen) atoms. The van der Waals surface area contributed by atoms with Crippen LogP contribution in [0.2, 0.25) is 0 Å². The Balaban J connectivity index is 2.34. The van der Waals surface area contributed by atoms with Crippen molar-refractivity contribution < 1.29 is 9.53 Å². The summed E-state index contributed by atoms with van der Waals surface area (Å²) < 4.78 is 5.68. The largest absolute Gasteiger partial charge is 0.476 e. The molecule has 0 atom stereocenters. The van der Waals surface area contributed by atoms with Crippen molar-refractivity contribution in [2.24, 2.45) is 0 Å². The molecule has 0 radical (unpaired) electrons. The normalized spacial score (nSPS) is 17.3. The summed E-state index contributed by atoms with van der Waals surface area (Å²) in [5.74, 6) is 1.43. The molecule has 0 aromatic heterocycles. The quantitative estimate of drug-likeness (QED) is 0.774. The maximum Gasteiger partial charge on any atom is 0.268 e. The van der Waals surface area contributed by atoms with Crippen LogP contribution in [0.15, 0.2) is 18.2 Å². The van der Waals surface area contributed by atoms with E-state index in [0.29, 0.717) is 0 Å². The van der Waals surface area contributed by atoms with E-state index in [1.54, 1.807) is 13.8 Å². The molecule has 2 rings (SSSR count). The molecule has 1 aromatic carbocycles. The van der Waals surface area contributed by atoms with Crippen molar-refractivity contribution in [3.05, 3.63) is 23.8 Å². The van der Waals surface area contributed by atoms with Crippen LogP contribution >= 0.6 is 12.6 Å². The number of hydrogen-bond donors (Lipinski definition) is 2. The van der Waals surface area contributed by atoms with Crippen LogP contribution in [-0.2, 0) is 11.2 Å². The summed E-state index contributed by atoms with van der Waals surface area (Å²) in [7, 11) is 0. The Morgan fingerprint density at radius 2 is 2.19 bits per heavy atom. The fourth-order valence-corrected chi connectivity index (χ4v) is 1.89. The average Bonchev–Trinajstić information content (AvgIpc) is 2.20. The van der Waals surface area contributed by atoms with Crippen molar-refractivity contribution in [1.29, 1.82) is 0 Å². The van der Waals surface area contributed by atoms with Crippen molar-refractivity contribution in [2.45, 2.75) is 25.9 Å². The standard InChI is InChI=1S/C12H15NO2S/c1-12(2)11(14)13-9-4-3-8(5-6-16)7-10(9)15-12/h3-4,7,16H,5-6H2,1-2H3,(H,13,14). The summed E-state index contributed by atoms with van der Waals surface area (Å²) in [5, 5.41) is 2.84. The lowest BCUT2D eigenvalue weighted by atomic mass is 10.0. The van der Waals surface area contributed by atoms with E-state index in [-0.39, 0.29) is 5.91 Å². The Hall–Kier alpha value is -1.16. The molecule has 0 spiro atoms. The molecule has 3 nitrogen and oxygen atoms in total. The molecule has 1 aliphatic rings. The third kappa shape index (κ3) is 2.02. The number of hydrogen-bond acceptors (Lipinski definition) is 3. The highest BCUT2D eigenvalue weighted by Crippen LogP contribution is 2.34. The molecular weight excluding hydrogens is 222 g/mol. The summed E-state index contributed by atoms with van der Waals surface area (Å²) >= 11 is 4.20. The number of rotatable bonds is 2. The zero-order chi connectivity index (χ0) is 11.8. The molecule has 1 heterocycles. The van der Waals surface area contributed by atoms with Crippen molar-refractivity contribution in [3.63, 3.8) is 0 Å². The predicted octanol–water partition coefficient (Wildman–Crippen LogP) is 2.27. The Labute approximate surface area is 101 Å². The lowest BCUT2D eigenvalue weighted by molar-refractivity contribution is -0.129. The topological polar surface area (TPSA) is 38.3 Å². The van der Waals surface area contributed by atoms with Crippen LogP contribution < -0.4 is 10.1 Å². The smallest absolute Gasteiger partial charge is 0.268 e. The van der Waals surface area contributed by atoms with Gasteiger partial charge in [-0.3, -0.25) is 4.79 Å². The second-order valence-electron chi connectivity index (χ2n) is 4.37. The van der Waals surface area contributed by atoms with E-state index in [2.05, 4.69) is 17.9 Å². The Morgan fingerprint density at radius 3 is 2.88 bits per heavy atom. The highest BCUT2D eigenvalue weighted by atomic mass is 32.1. The summed E-state index contributed by atoms with van der Waals surface area (Å²) in [6.07, 6.45) is 0.897. The first-order valence-corrected chi connectivity index (χ1v) is 5.90. The van der Waals surface area contributed by atoms with Gasteiger partial charge in [0, 0.05) is 0 Å². The number of ether oxygens (including phenoxy) is 1. The highest BCUT2D eigenvalue weighted by molar-refractivity contribution is 7.80. The summed E-state index contributed by atoms with van der Waals surface area (Å²) in [6, 6.07) is 5.82. The first-order valence-electron chi connectivity index (χ1n) is 5.27. The summed E-state index contributed by atoms with van der Waals surface area (Å²) in [6.45, 7) is 3.52. The van der Waals surface area contributed by atoms with Crippen LogP contribution in [0.4, 0.5) is 5.69 Å². The van der Waals surface area contributed by atoms with Gasteiger partial charge < -0.3 is 10.1 Å². The molecule has 1 aliphatic heterocycles. The number of carbonyl (C=O) groups is 1. The molecule has 0 bridgehead atoms. The molecule has 0 aliphatic carbocycles. The fourth-order valence-electron chi connectivity index (χ4n) is 1.63. The maximum atomic E-state index is 11.6. The number of aryl methyl sites for hydroxylation is 1. The maximum absolute atomic E-state index is 11.6. The molecule has 0 unspecified atom stereocenters. The molecule has 86 valence electrons. The Morgan fingerprint density at radius 1 is 1.44 bits per heavy atom. The van der Waals surface area contributed by atoms with Crippen LogP contribution in [0, 0.1) is 0 Å². The number of nitrogens with one attached hydrogen (secondary N) is 1. The SMILES string of the molecule is CC1(C)Oc2cc(CCS)ccc2NC1=O. The van der Waals surface area contributed by atoms with E-state index in [1.807, 2.05) is 18.2 Å². The molecule has 4 heteroatoms. The third-order valence-corrected chi connectivity index (χ3v) is 2.83. The number of anilines is 1. The van der Waals surface area contributed by atoms with Gasteiger partial charge in [0.25, 0.3) is 5.91 Å². The van der Waals surface area contributed by atoms with E-state index in [1.165, 1.54) is 5.56 Å². The first kappa shape index (κ1) is 11.3. The number of carbonyl (C=O) groups excluding carboxylic acids is 1. The van der Waals surface area contributed by atoms with Gasteiger partial charge in [-0.25, -0.2) is 0 Å². The molecular formula is C12H15NO2S. The Bertz CT molecular complexity index is 429. The minimum Gasteiger partial charge on any atom is -0.476 e. The number of amides is 1.